The van der Waals surface area contributed by atoms with Crippen LogP contribution >= 0.6 is 0 Å². The van der Waals surface area contributed by atoms with Crippen molar-refractivity contribution in [3.05, 3.63) is 53.6 Å². The molecular formula is C20H21N5O4. The minimum atomic E-state index is -0.322. The van der Waals surface area contributed by atoms with Crippen molar-refractivity contribution >= 4 is 11.6 Å². The lowest BCUT2D eigenvalue weighted by molar-refractivity contribution is 0.320. The Labute approximate surface area is 167 Å². The Hall–Kier alpha value is -3.75. The van der Waals surface area contributed by atoms with Gasteiger partial charge in [0.25, 0.3) is 0 Å². The first-order chi connectivity index (χ1) is 14.2. The molecule has 1 N–H and O–H groups in total. The number of hydrogen-bond donors (Lipinski definition) is 1. The standard InChI is InChI=1S/C20H21N5O4/c1-26-13-7-5-6-12(10-13)15-11-16(25-20(21-15)22-23-24-25)14-8-9-17(27-2)19(29-4)18(14)28-3/h5-11,16H,1-4H3,(H,21,22,24)/t16-/m1/s1. The number of fused-ring (bicyclic) bond motifs is 1. The van der Waals surface area contributed by atoms with E-state index in [4.69, 9.17) is 18.9 Å². The molecule has 0 saturated heterocycles. The first kappa shape index (κ1) is 18.6. The number of methoxy groups -OCH3 is 4. The maximum absolute atomic E-state index is 5.68. The van der Waals surface area contributed by atoms with Gasteiger partial charge in [0.05, 0.1) is 28.4 Å². The van der Waals surface area contributed by atoms with Crippen LogP contribution in [-0.2, 0) is 0 Å². The fourth-order valence-electron chi connectivity index (χ4n) is 3.39. The van der Waals surface area contributed by atoms with Crippen LogP contribution in [0.3, 0.4) is 0 Å². The second-order valence-corrected chi connectivity index (χ2v) is 6.25. The summed E-state index contributed by atoms with van der Waals surface area (Å²) >= 11 is 0. The number of hydrogen-bond acceptors (Lipinski definition) is 8. The minimum Gasteiger partial charge on any atom is -0.497 e. The maximum Gasteiger partial charge on any atom is 0.248 e. The van der Waals surface area contributed by atoms with Gasteiger partial charge >= 0.3 is 0 Å². The summed E-state index contributed by atoms with van der Waals surface area (Å²) in [5.74, 6) is 2.93. The summed E-state index contributed by atoms with van der Waals surface area (Å²) in [7, 11) is 6.39. The predicted molar refractivity (Wildman–Crippen MR) is 107 cm³/mol. The van der Waals surface area contributed by atoms with Gasteiger partial charge in [0.1, 0.15) is 11.8 Å². The highest BCUT2D eigenvalue weighted by Crippen LogP contribution is 2.45. The largest absolute Gasteiger partial charge is 0.497 e. The molecular weight excluding hydrogens is 374 g/mol. The smallest absolute Gasteiger partial charge is 0.248 e. The molecule has 1 aromatic heterocycles. The van der Waals surface area contributed by atoms with Crippen LogP contribution in [0.25, 0.3) is 5.70 Å². The van der Waals surface area contributed by atoms with Crippen LogP contribution < -0.4 is 24.3 Å². The van der Waals surface area contributed by atoms with Crippen molar-refractivity contribution < 1.29 is 18.9 Å². The molecule has 0 fully saturated rings. The summed E-state index contributed by atoms with van der Waals surface area (Å²) in [6, 6.07) is 11.2. The molecule has 3 aromatic rings. The Kier molecular flexibility index (Phi) is 4.94. The SMILES string of the molecule is COc1cccc(C2=C[C@H](c3ccc(OC)c(OC)c3OC)n3nnnc3N2)c1. The summed E-state index contributed by atoms with van der Waals surface area (Å²) in [4.78, 5) is 0. The van der Waals surface area contributed by atoms with E-state index in [1.165, 1.54) is 0 Å². The molecule has 1 atom stereocenters. The molecule has 2 aromatic carbocycles. The molecule has 0 aliphatic carbocycles. The van der Waals surface area contributed by atoms with Gasteiger partial charge in [-0.1, -0.05) is 17.2 Å². The van der Waals surface area contributed by atoms with Crippen molar-refractivity contribution in [2.75, 3.05) is 33.8 Å². The molecule has 0 bridgehead atoms. The summed E-state index contributed by atoms with van der Waals surface area (Å²) in [6.45, 7) is 0. The van der Waals surface area contributed by atoms with Gasteiger partial charge in [0, 0.05) is 16.8 Å². The average molecular weight is 395 g/mol. The molecule has 0 radical (unpaired) electrons. The van der Waals surface area contributed by atoms with Gasteiger partial charge < -0.3 is 24.3 Å². The topological polar surface area (TPSA) is 92.5 Å². The second-order valence-electron chi connectivity index (χ2n) is 6.25. The van der Waals surface area contributed by atoms with Gasteiger partial charge in [-0.05, 0) is 40.8 Å². The predicted octanol–water partition coefficient (Wildman–Crippen LogP) is 2.76. The maximum atomic E-state index is 5.68. The third-order valence-corrected chi connectivity index (χ3v) is 4.76. The molecule has 150 valence electrons. The Bertz CT molecular complexity index is 1060. The van der Waals surface area contributed by atoms with Crippen LogP contribution in [0, 0.1) is 0 Å². The first-order valence-electron chi connectivity index (χ1n) is 8.90. The molecule has 29 heavy (non-hydrogen) atoms. The van der Waals surface area contributed by atoms with E-state index in [1.54, 1.807) is 33.1 Å². The molecule has 0 saturated carbocycles. The highest BCUT2D eigenvalue weighted by molar-refractivity contribution is 5.78. The number of aromatic nitrogens is 4. The summed E-state index contributed by atoms with van der Waals surface area (Å²) < 4.78 is 23.7. The quantitative estimate of drug-likeness (QED) is 0.681. The van der Waals surface area contributed by atoms with Crippen LogP contribution in [0.5, 0.6) is 23.0 Å². The van der Waals surface area contributed by atoms with E-state index in [1.807, 2.05) is 42.5 Å². The van der Waals surface area contributed by atoms with Crippen LogP contribution in [0.1, 0.15) is 17.2 Å². The molecule has 1 aliphatic heterocycles. The fraction of sp³-hybridized carbons (Fsp3) is 0.250. The highest BCUT2D eigenvalue weighted by Gasteiger charge is 2.29. The third-order valence-electron chi connectivity index (χ3n) is 4.76. The van der Waals surface area contributed by atoms with Crippen LogP contribution in [0.2, 0.25) is 0 Å². The summed E-state index contributed by atoms with van der Waals surface area (Å²) in [6.07, 6.45) is 2.03. The van der Waals surface area contributed by atoms with Gasteiger partial charge in [-0.15, -0.1) is 0 Å². The summed E-state index contributed by atoms with van der Waals surface area (Å²) in [5, 5.41) is 15.3. The van der Waals surface area contributed by atoms with E-state index in [2.05, 4.69) is 20.8 Å². The summed E-state index contributed by atoms with van der Waals surface area (Å²) in [5.41, 5.74) is 2.64. The number of nitrogens with zero attached hydrogens (tertiary/aromatic N) is 4. The van der Waals surface area contributed by atoms with Crippen molar-refractivity contribution in [2.24, 2.45) is 0 Å². The zero-order chi connectivity index (χ0) is 20.4. The number of ether oxygens (including phenoxy) is 4. The zero-order valence-electron chi connectivity index (χ0n) is 16.5. The van der Waals surface area contributed by atoms with E-state index >= 15 is 0 Å². The average Bonchev–Trinajstić information content (AvgIpc) is 3.26. The van der Waals surface area contributed by atoms with Gasteiger partial charge in [0.15, 0.2) is 11.5 Å². The lowest BCUT2D eigenvalue weighted by Gasteiger charge is -2.26. The lowest BCUT2D eigenvalue weighted by atomic mass is 10.00. The van der Waals surface area contributed by atoms with Crippen molar-refractivity contribution in [1.82, 2.24) is 20.2 Å². The number of nitrogens with one attached hydrogen (secondary N) is 1. The Morgan fingerprint density at radius 2 is 1.76 bits per heavy atom. The minimum absolute atomic E-state index is 0.322. The number of rotatable bonds is 6. The zero-order valence-corrected chi connectivity index (χ0v) is 16.5. The molecule has 0 spiro atoms. The van der Waals surface area contributed by atoms with Gasteiger partial charge in [-0.2, -0.15) is 4.68 Å². The molecule has 2 heterocycles. The molecule has 1 aliphatic rings. The fourth-order valence-corrected chi connectivity index (χ4v) is 3.39. The van der Waals surface area contributed by atoms with E-state index in [9.17, 15) is 0 Å². The lowest BCUT2D eigenvalue weighted by Crippen LogP contribution is -2.21. The monoisotopic (exact) mass is 395 g/mol. The Morgan fingerprint density at radius 1 is 0.931 bits per heavy atom. The highest BCUT2D eigenvalue weighted by atomic mass is 16.5. The second kappa shape index (κ2) is 7.70. The normalized spacial score (nSPS) is 15.0. The molecule has 9 nitrogen and oxygen atoms in total. The van der Waals surface area contributed by atoms with Gasteiger partial charge in [-0.3, -0.25) is 0 Å². The Balaban J connectivity index is 1.87. The van der Waals surface area contributed by atoms with E-state index in [-0.39, 0.29) is 6.04 Å². The first-order valence-corrected chi connectivity index (χ1v) is 8.90. The van der Waals surface area contributed by atoms with E-state index in [0.29, 0.717) is 23.2 Å². The number of benzene rings is 2. The molecule has 4 rings (SSSR count). The van der Waals surface area contributed by atoms with Crippen molar-refractivity contribution in [3.63, 3.8) is 0 Å². The van der Waals surface area contributed by atoms with E-state index in [0.717, 1.165) is 22.6 Å². The van der Waals surface area contributed by atoms with E-state index < -0.39 is 0 Å². The number of tetrazole rings is 1. The number of allylic oxidation sites excluding steroid dienone is 1. The van der Waals surface area contributed by atoms with Gasteiger partial charge in [-0.25, -0.2) is 0 Å². The molecule has 0 unspecified atom stereocenters. The Morgan fingerprint density at radius 3 is 2.48 bits per heavy atom. The van der Waals surface area contributed by atoms with Crippen LogP contribution in [-0.4, -0.2) is 48.6 Å². The van der Waals surface area contributed by atoms with Gasteiger partial charge in [0.2, 0.25) is 11.7 Å². The van der Waals surface area contributed by atoms with Crippen molar-refractivity contribution in [2.45, 2.75) is 6.04 Å². The van der Waals surface area contributed by atoms with Crippen molar-refractivity contribution in [3.8, 4) is 23.0 Å². The third kappa shape index (κ3) is 3.20. The molecule has 9 heteroatoms. The number of anilines is 1. The van der Waals surface area contributed by atoms with Crippen LogP contribution in [0.4, 0.5) is 5.95 Å². The molecule has 0 amide bonds. The van der Waals surface area contributed by atoms with Crippen molar-refractivity contribution in [1.29, 1.82) is 0 Å². The van der Waals surface area contributed by atoms with Crippen LogP contribution in [0.15, 0.2) is 42.5 Å².